The van der Waals surface area contributed by atoms with Gasteiger partial charge in [-0.1, -0.05) is 35.3 Å². The Morgan fingerprint density at radius 1 is 1.18 bits per heavy atom. The number of aromatic nitrogens is 1. The number of nitrogens with zero attached hydrogens (tertiary/aromatic N) is 1. The second-order valence-corrected chi connectivity index (χ2v) is 6.29. The van der Waals surface area contributed by atoms with E-state index in [1.165, 1.54) is 5.56 Å². The smallest absolute Gasteiger partial charge is 0.270 e. The van der Waals surface area contributed by atoms with Crippen molar-refractivity contribution < 1.29 is 9.90 Å². The minimum absolute atomic E-state index is 0.0713. The molecule has 4 nitrogen and oxygen atoms in total. The van der Waals surface area contributed by atoms with Gasteiger partial charge in [-0.2, -0.15) is 0 Å². The van der Waals surface area contributed by atoms with Gasteiger partial charge < -0.3 is 15.0 Å². The summed E-state index contributed by atoms with van der Waals surface area (Å²) in [6, 6.07) is 8.87. The minimum Gasteiger partial charge on any atom is -0.508 e. The summed E-state index contributed by atoms with van der Waals surface area (Å²) in [5, 5.41) is 10.0. The van der Waals surface area contributed by atoms with Gasteiger partial charge in [-0.25, -0.2) is 0 Å². The molecule has 6 heteroatoms. The van der Waals surface area contributed by atoms with Gasteiger partial charge >= 0.3 is 0 Å². The van der Waals surface area contributed by atoms with Crippen LogP contribution in [-0.2, 0) is 0 Å². The van der Waals surface area contributed by atoms with Crippen LogP contribution in [0.25, 0.3) is 0 Å². The number of H-pyrrole nitrogens is 1. The number of carbonyl (C=O) groups is 1. The van der Waals surface area contributed by atoms with Gasteiger partial charge in [-0.05, 0) is 42.5 Å². The van der Waals surface area contributed by atoms with Crippen LogP contribution >= 0.6 is 23.2 Å². The highest BCUT2D eigenvalue weighted by atomic mass is 35.5. The molecule has 0 unspecified atom stereocenters. The fourth-order valence-electron chi connectivity index (χ4n) is 2.85. The lowest BCUT2D eigenvalue weighted by molar-refractivity contribution is 0.0708. The number of nitrogens with one attached hydrogen (secondary N) is 1. The van der Waals surface area contributed by atoms with E-state index in [2.05, 4.69) is 4.98 Å². The molecule has 2 heterocycles. The third-order valence-corrected chi connectivity index (χ3v) is 4.80. The lowest BCUT2D eigenvalue weighted by Crippen LogP contribution is -2.38. The number of carbonyl (C=O) groups excluding carboxylic acids is 1. The lowest BCUT2D eigenvalue weighted by Gasteiger charge is -2.32. The van der Waals surface area contributed by atoms with Crippen molar-refractivity contribution in [2.24, 2.45) is 0 Å². The average Bonchev–Trinajstić information content (AvgIpc) is 2.87. The zero-order valence-electron chi connectivity index (χ0n) is 11.9. The van der Waals surface area contributed by atoms with E-state index in [1.807, 2.05) is 17.0 Å². The van der Waals surface area contributed by atoms with Crippen LogP contribution in [0, 0.1) is 0 Å². The summed E-state index contributed by atoms with van der Waals surface area (Å²) in [7, 11) is 0. The van der Waals surface area contributed by atoms with Crippen LogP contribution in [0.1, 0.15) is 34.8 Å². The van der Waals surface area contributed by atoms with Crippen molar-refractivity contribution in [3.63, 3.8) is 0 Å². The Morgan fingerprint density at radius 2 is 1.82 bits per heavy atom. The first-order chi connectivity index (χ1) is 10.5. The molecule has 0 aliphatic carbocycles. The van der Waals surface area contributed by atoms with Gasteiger partial charge in [0, 0.05) is 13.1 Å². The predicted molar refractivity (Wildman–Crippen MR) is 86.8 cm³/mol. The maximum Gasteiger partial charge on any atom is 0.270 e. The minimum atomic E-state index is -0.0713. The number of phenolic OH excluding ortho intramolecular Hbond substituents is 1. The van der Waals surface area contributed by atoms with Gasteiger partial charge in [0.15, 0.2) is 0 Å². The molecule has 1 saturated heterocycles. The lowest BCUT2D eigenvalue weighted by atomic mass is 9.89. The number of halogens is 2. The third kappa shape index (κ3) is 3.08. The quantitative estimate of drug-likeness (QED) is 0.867. The second-order valence-electron chi connectivity index (χ2n) is 5.50. The van der Waals surface area contributed by atoms with Gasteiger partial charge in [-0.15, -0.1) is 0 Å². The molecule has 0 radical (unpaired) electrons. The summed E-state index contributed by atoms with van der Waals surface area (Å²) in [5.74, 6) is 0.621. The van der Waals surface area contributed by atoms with Gasteiger partial charge in [0.1, 0.15) is 16.6 Å². The number of hydrogen-bond acceptors (Lipinski definition) is 2. The standard InChI is InChI=1S/C16H16Cl2N2O2/c17-13-9-14(19-15(13)18)16(22)20-7-5-11(6-8-20)10-1-3-12(21)4-2-10/h1-4,9,11,19,21H,5-8H2. The molecule has 2 aromatic rings. The van der Waals surface area contributed by atoms with E-state index < -0.39 is 0 Å². The van der Waals surface area contributed by atoms with E-state index in [1.54, 1.807) is 18.2 Å². The van der Waals surface area contributed by atoms with Crippen LogP contribution in [-0.4, -0.2) is 34.0 Å². The van der Waals surface area contributed by atoms with Crippen molar-refractivity contribution >= 4 is 29.1 Å². The number of phenols is 1. The summed E-state index contributed by atoms with van der Waals surface area (Å²) in [6.45, 7) is 1.39. The van der Waals surface area contributed by atoms with Crippen molar-refractivity contribution in [2.75, 3.05) is 13.1 Å². The van der Waals surface area contributed by atoms with Crippen LogP contribution in [0.2, 0.25) is 10.2 Å². The van der Waals surface area contributed by atoms with Crippen molar-refractivity contribution in [3.05, 3.63) is 51.8 Å². The molecule has 1 aromatic heterocycles. The van der Waals surface area contributed by atoms with Crippen LogP contribution in [0.4, 0.5) is 0 Å². The number of benzene rings is 1. The van der Waals surface area contributed by atoms with E-state index in [0.29, 0.717) is 34.9 Å². The summed E-state index contributed by atoms with van der Waals surface area (Å²) >= 11 is 11.7. The molecule has 1 aliphatic heterocycles. The van der Waals surface area contributed by atoms with Crippen molar-refractivity contribution in [1.82, 2.24) is 9.88 Å². The number of amides is 1. The monoisotopic (exact) mass is 338 g/mol. The van der Waals surface area contributed by atoms with Crippen molar-refractivity contribution in [1.29, 1.82) is 0 Å². The summed E-state index contributed by atoms with van der Waals surface area (Å²) in [4.78, 5) is 17.0. The van der Waals surface area contributed by atoms with E-state index >= 15 is 0 Å². The molecule has 0 spiro atoms. The Kier molecular flexibility index (Phi) is 4.32. The first-order valence-corrected chi connectivity index (χ1v) is 7.92. The highest BCUT2D eigenvalue weighted by Crippen LogP contribution is 2.30. The molecule has 116 valence electrons. The van der Waals surface area contributed by atoms with Crippen molar-refractivity contribution in [3.8, 4) is 5.75 Å². The molecule has 0 atom stereocenters. The molecular weight excluding hydrogens is 323 g/mol. The van der Waals surface area contributed by atoms with E-state index in [9.17, 15) is 9.90 Å². The largest absolute Gasteiger partial charge is 0.508 e. The zero-order chi connectivity index (χ0) is 15.7. The Morgan fingerprint density at radius 3 is 2.36 bits per heavy atom. The summed E-state index contributed by atoms with van der Waals surface area (Å²) in [5.41, 5.74) is 1.63. The molecule has 1 aliphatic rings. The maximum absolute atomic E-state index is 12.4. The molecule has 1 fully saturated rings. The molecule has 1 amide bonds. The highest BCUT2D eigenvalue weighted by Gasteiger charge is 2.25. The normalized spacial score (nSPS) is 16.0. The predicted octanol–water partition coefficient (Wildman–Crippen LogP) is 4.05. The molecule has 1 aromatic carbocycles. The van der Waals surface area contributed by atoms with Crippen LogP contribution in [0.3, 0.4) is 0 Å². The highest BCUT2D eigenvalue weighted by molar-refractivity contribution is 6.41. The second kappa shape index (κ2) is 6.23. The van der Waals surface area contributed by atoms with Crippen LogP contribution in [0.15, 0.2) is 30.3 Å². The zero-order valence-corrected chi connectivity index (χ0v) is 13.4. The summed E-state index contributed by atoms with van der Waals surface area (Å²) in [6.07, 6.45) is 1.80. The number of rotatable bonds is 2. The number of aromatic hydroxyl groups is 1. The molecule has 0 saturated carbocycles. The SMILES string of the molecule is O=C(c1cc(Cl)c(Cl)[nH]1)N1CCC(c2ccc(O)cc2)CC1. The number of piperidine rings is 1. The van der Waals surface area contributed by atoms with Crippen LogP contribution in [0.5, 0.6) is 5.75 Å². The fraction of sp³-hybridized carbons (Fsp3) is 0.312. The third-order valence-electron chi connectivity index (χ3n) is 4.10. The Labute approximate surface area is 138 Å². The first-order valence-electron chi connectivity index (χ1n) is 7.17. The van der Waals surface area contributed by atoms with E-state index in [-0.39, 0.29) is 11.7 Å². The average molecular weight is 339 g/mol. The van der Waals surface area contributed by atoms with Gasteiger partial charge in [-0.3, -0.25) is 4.79 Å². The fourth-order valence-corrected chi connectivity index (χ4v) is 3.16. The van der Waals surface area contributed by atoms with Gasteiger partial charge in [0.05, 0.1) is 5.02 Å². The Bertz CT molecular complexity index is 654. The van der Waals surface area contributed by atoms with Crippen molar-refractivity contribution in [2.45, 2.75) is 18.8 Å². The van der Waals surface area contributed by atoms with Gasteiger partial charge in [0.25, 0.3) is 5.91 Å². The van der Waals surface area contributed by atoms with Gasteiger partial charge in [0.2, 0.25) is 0 Å². The first kappa shape index (κ1) is 15.3. The number of hydrogen-bond donors (Lipinski definition) is 2. The number of likely N-dealkylation sites (tertiary alicyclic amines) is 1. The maximum atomic E-state index is 12.4. The van der Waals surface area contributed by atoms with Crippen LogP contribution < -0.4 is 0 Å². The van der Waals surface area contributed by atoms with E-state index in [4.69, 9.17) is 23.2 Å². The molecule has 2 N–H and O–H groups in total. The Hall–Kier alpha value is -1.65. The summed E-state index contributed by atoms with van der Waals surface area (Å²) < 4.78 is 0. The molecule has 3 rings (SSSR count). The molecule has 22 heavy (non-hydrogen) atoms. The Balaban J connectivity index is 1.64. The molecule has 0 bridgehead atoms. The topological polar surface area (TPSA) is 56.3 Å². The van der Waals surface area contributed by atoms with E-state index in [0.717, 1.165) is 12.8 Å². The molecular formula is C16H16Cl2N2O2. The number of aromatic amines is 1.